The van der Waals surface area contributed by atoms with E-state index in [1.165, 1.54) is 0 Å². The van der Waals surface area contributed by atoms with E-state index in [9.17, 15) is 86.2 Å². The van der Waals surface area contributed by atoms with Gasteiger partial charge in [-0.2, -0.15) is 0 Å². The van der Waals surface area contributed by atoms with Crippen molar-refractivity contribution in [2.45, 2.75) is 160 Å². The Morgan fingerprint density at radius 3 is 1.19 bits per heavy atom. The van der Waals surface area contributed by atoms with Gasteiger partial charge < -0.3 is 135 Å². The maximum Gasteiger partial charge on any atom is 0.335 e. The molecule has 0 aromatic heterocycles. The summed E-state index contributed by atoms with van der Waals surface area (Å²) in [7, 11) is 0. The molecule has 0 bridgehead atoms. The summed E-state index contributed by atoms with van der Waals surface area (Å²) in [5.74, 6) is -2.45. The maximum atomic E-state index is 12.2. The second-order valence-corrected chi connectivity index (χ2v) is 15.4. The monoisotopic (exact) mass is 926 g/mol. The van der Waals surface area contributed by atoms with E-state index in [4.69, 9.17) is 53.1 Å². The molecule has 25 atom stereocenters. The van der Waals surface area contributed by atoms with Gasteiger partial charge in [0.2, 0.25) is 5.91 Å². The number of carbonyl (C=O) groups excluding carboxylic acids is 1. The SMILES string of the molecule is CC(=O)N[C@H]1[C@@H](OCCN)O[C@H](CO)[C@@H](O)[C@@H]1O[C@@H]1O[C@H](CO)[C@@H](O)[C@H](O[C@H]2O[C@H](CO)[C@@H](O)[C@H](O[C@H]3O[C@H](CO)[C@@H](O)[C@H](O[C@H]4O[C@H](C(=O)O)[C@H](O)[C@H](O)[C@H]4O)[C@@H]3O)[C@@H]2O)[C@@H]1O. The van der Waals surface area contributed by atoms with E-state index in [0.717, 1.165) is 6.92 Å². The molecule has 366 valence electrons. The average Bonchev–Trinajstić information content (AvgIpc) is 3.25. The third-order valence-corrected chi connectivity index (χ3v) is 11.1. The molecule has 0 aromatic rings. The van der Waals surface area contributed by atoms with Crippen LogP contribution >= 0.6 is 0 Å². The zero-order valence-electron chi connectivity index (χ0n) is 33.4. The number of rotatable bonds is 17. The van der Waals surface area contributed by atoms with Gasteiger partial charge in [-0.05, 0) is 0 Å². The number of nitrogens with one attached hydrogen (secondary N) is 1. The third-order valence-electron chi connectivity index (χ3n) is 11.1. The second kappa shape index (κ2) is 22.6. The maximum absolute atomic E-state index is 12.2. The largest absolute Gasteiger partial charge is 0.479 e. The van der Waals surface area contributed by atoms with Gasteiger partial charge in [0.05, 0.1) is 33.0 Å². The first-order valence-electron chi connectivity index (χ1n) is 19.8. The van der Waals surface area contributed by atoms with Crippen LogP contribution in [0.4, 0.5) is 0 Å². The van der Waals surface area contributed by atoms with Crippen LogP contribution in [0.25, 0.3) is 0 Å². The van der Waals surface area contributed by atoms with Crippen LogP contribution in [0.5, 0.6) is 0 Å². The normalized spacial score (nSPS) is 48.4. The van der Waals surface area contributed by atoms with Crippen LogP contribution in [-0.4, -0.2) is 282 Å². The van der Waals surface area contributed by atoms with Crippen LogP contribution in [-0.2, 0) is 57.0 Å². The molecule has 1 amide bonds. The van der Waals surface area contributed by atoms with Gasteiger partial charge in [-0.1, -0.05) is 0 Å². The lowest BCUT2D eigenvalue weighted by Gasteiger charge is -2.50. The zero-order chi connectivity index (χ0) is 46.6. The molecule has 0 spiro atoms. The van der Waals surface area contributed by atoms with Gasteiger partial charge in [0.25, 0.3) is 0 Å². The van der Waals surface area contributed by atoms with Crippen molar-refractivity contribution in [2.75, 3.05) is 39.6 Å². The molecule has 63 heavy (non-hydrogen) atoms. The van der Waals surface area contributed by atoms with Crippen molar-refractivity contribution in [3.63, 3.8) is 0 Å². The smallest absolute Gasteiger partial charge is 0.335 e. The number of amides is 1. The van der Waals surface area contributed by atoms with E-state index in [1.807, 2.05) is 0 Å². The Kier molecular flexibility index (Phi) is 18.6. The van der Waals surface area contributed by atoms with E-state index in [-0.39, 0.29) is 13.2 Å². The molecular weight excluding hydrogens is 868 g/mol. The van der Waals surface area contributed by atoms with Gasteiger partial charge in [0.1, 0.15) is 116 Å². The molecule has 0 aromatic carbocycles. The predicted molar refractivity (Wildman–Crippen MR) is 191 cm³/mol. The zero-order valence-corrected chi connectivity index (χ0v) is 33.4. The fourth-order valence-electron chi connectivity index (χ4n) is 7.71. The summed E-state index contributed by atoms with van der Waals surface area (Å²) in [6.45, 7) is -2.79. The van der Waals surface area contributed by atoms with Crippen LogP contribution in [0, 0.1) is 0 Å². The lowest BCUT2D eigenvalue weighted by molar-refractivity contribution is -0.393. The van der Waals surface area contributed by atoms with Gasteiger partial charge in [-0.3, -0.25) is 4.79 Å². The highest BCUT2D eigenvalue weighted by Gasteiger charge is 2.57. The lowest BCUT2D eigenvalue weighted by Crippen LogP contribution is -2.69. The first kappa shape index (κ1) is 51.9. The minimum Gasteiger partial charge on any atom is -0.479 e. The second-order valence-electron chi connectivity index (χ2n) is 15.4. The lowest BCUT2D eigenvalue weighted by atomic mass is 9.94. The van der Waals surface area contributed by atoms with Crippen molar-refractivity contribution in [1.82, 2.24) is 5.32 Å². The summed E-state index contributed by atoms with van der Waals surface area (Å²) in [6, 6.07) is -1.36. The van der Waals surface area contributed by atoms with Gasteiger partial charge in [-0.25, -0.2) is 4.79 Å². The first-order valence-corrected chi connectivity index (χ1v) is 19.8. The number of carboxylic acid groups (broad SMARTS) is 1. The van der Waals surface area contributed by atoms with Crippen molar-refractivity contribution in [3.8, 4) is 0 Å². The molecule has 5 aliphatic heterocycles. The summed E-state index contributed by atoms with van der Waals surface area (Å²) in [4.78, 5) is 23.8. The number of ether oxygens (including phenoxy) is 10. The number of hydrogen-bond acceptors (Lipinski definition) is 27. The number of aliphatic hydroxyl groups is 14. The Labute approximate surface area is 356 Å². The molecule has 5 heterocycles. The molecule has 18 N–H and O–H groups in total. The standard InChI is InChI=1S/C34H58N2O27/c1-8(41)36-13-24(14(42)9(4-37)55-30(13)54-3-2-35)59-32-21(49)26(16(44)10(5-38)56-32)61-34-23(51)27(17(45)12(7-40)58-34)62-33-22(50)25(15(43)11(6-39)57-33)60-31-20(48)18(46)19(47)28(63-31)29(52)53/h9-28,30-34,37-40,42-51H,2-7,35H2,1H3,(H,36,41)(H,52,53)/t9-,10-,11-,12-,13-,14-,15-,16-,17-,18+,19-,20-,21+,22+,23+,24-,25+,26+,27+,28+,30+,31+,32+,33-,34-/m1/s1. The highest BCUT2D eigenvalue weighted by molar-refractivity contribution is 5.73. The number of hydrogen-bond donors (Lipinski definition) is 17. The Morgan fingerprint density at radius 2 is 0.841 bits per heavy atom. The Bertz CT molecular complexity index is 1460. The van der Waals surface area contributed by atoms with Crippen LogP contribution in [0.1, 0.15) is 6.92 Å². The van der Waals surface area contributed by atoms with Crippen molar-refractivity contribution < 1.29 is 134 Å². The van der Waals surface area contributed by atoms with Crippen LogP contribution in [0.15, 0.2) is 0 Å². The van der Waals surface area contributed by atoms with Gasteiger partial charge in [-0.15, -0.1) is 0 Å². The number of aliphatic carboxylic acids is 1. The van der Waals surface area contributed by atoms with Crippen molar-refractivity contribution in [3.05, 3.63) is 0 Å². The van der Waals surface area contributed by atoms with Gasteiger partial charge >= 0.3 is 5.97 Å². The molecule has 5 saturated heterocycles. The molecule has 0 unspecified atom stereocenters. The molecule has 5 rings (SSSR count). The number of carboxylic acids is 1. The van der Waals surface area contributed by atoms with Crippen molar-refractivity contribution in [2.24, 2.45) is 5.73 Å². The quantitative estimate of drug-likeness (QED) is 0.0644. The molecule has 0 saturated carbocycles. The number of nitrogens with two attached hydrogens (primary N) is 1. The highest BCUT2D eigenvalue weighted by atomic mass is 16.8. The first-order chi connectivity index (χ1) is 29.8. The Morgan fingerprint density at radius 1 is 0.492 bits per heavy atom. The highest BCUT2D eigenvalue weighted by Crippen LogP contribution is 2.36. The van der Waals surface area contributed by atoms with Crippen LogP contribution in [0.2, 0.25) is 0 Å². The summed E-state index contributed by atoms with van der Waals surface area (Å²) in [6.07, 6.45) is -46.8. The summed E-state index contributed by atoms with van der Waals surface area (Å²) >= 11 is 0. The van der Waals surface area contributed by atoms with Crippen LogP contribution < -0.4 is 11.1 Å². The average molecular weight is 927 g/mol. The summed E-state index contributed by atoms with van der Waals surface area (Å²) in [5.41, 5.74) is 5.54. The molecule has 0 aliphatic carbocycles. The van der Waals surface area contributed by atoms with Crippen LogP contribution in [0.3, 0.4) is 0 Å². The van der Waals surface area contributed by atoms with Crippen molar-refractivity contribution >= 4 is 11.9 Å². The minimum absolute atomic E-state index is 0.00961. The minimum atomic E-state index is -2.23. The molecule has 29 nitrogen and oxygen atoms in total. The Balaban J connectivity index is 1.36. The van der Waals surface area contributed by atoms with E-state index in [2.05, 4.69) is 5.32 Å². The van der Waals surface area contributed by atoms with E-state index in [0.29, 0.717) is 0 Å². The fourth-order valence-corrected chi connectivity index (χ4v) is 7.71. The van der Waals surface area contributed by atoms with Gasteiger partial charge in [0.15, 0.2) is 37.6 Å². The number of aliphatic hydroxyl groups excluding tert-OH is 14. The summed E-state index contributed by atoms with van der Waals surface area (Å²) in [5, 5.41) is 161. The van der Waals surface area contributed by atoms with E-state index in [1.54, 1.807) is 0 Å². The number of carbonyl (C=O) groups is 2. The molecule has 5 fully saturated rings. The molecule has 29 heteroatoms. The predicted octanol–water partition coefficient (Wildman–Crippen LogP) is -11.7. The molecular formula is C34H58N2O27. The summed E-state index contributed by atoms with van der Waals surface area (Å²) < 4.78 is 55.7. The van der Waals surface area contributed by atoms with E-state index < -0.39 is 192 Å². The molecule has 0 radical (unpaired) electrons. The van der Waals surface area contributed by atoms with Gasteiger partial charge in [0, 0.05) is 13.5 Å². The Hall–Kier alpha value is -2.06. The fraction of sp³-hybridized carbons (Fsp3) is 0.941. The molecule has 5 aliphatic rings. The topological polar surface area (TPSA) is 468 Å². The van der Waals surface area contributed by atoms with Crippen molar-refractivity contribution in [1.29, 1.82) is 0 Å². The third kappa shape index (κ3) is 11.2. The van der Waals surface area contributed by atoms with E-state index >= 15 is 0 Å².